The van der Waals surface area contributed by atoms with Gasteiger partial charge in [0, 0.05) is 13.0 Å². The average molecular weight is 331 g/mol. The van der Waals surface area contributed by atoms with Crippen LogP contribution >= 0.6 is 0 Å². The van der Waals surface area contributed by atoms with Gasteiger partial charge in [0.25, 0.3) is 5.91 Å². The maximum absolute atomic E-state index is 13.4. The maximum atomic E-state index is 13.4. The van der Waals surface area contributed by atoms with Crippen LogP contribution in [0.2, 0.25) is 0 Å². The quantitative estimate of drug-likeness (QED) is 0.900. The lowest BCUT2D eigenvalue weighted by atomic mass is 10.0. The van der Waals surface area contributed by atoms with Crippen molar-refractivity contribution in [1.29, 1.82) is 0 Å². The molecule has 2 aromatic rings. The van der Waals surface area contributed by atoms with E-state index in [1.807, 2.05) is 4.57 Å². The predicted molar refractivity (Wildman–Crippen MR) is 84.1 cm³/mol. The number of carbonyl (C=O) groups is 2. The van der Waals surface area contributed by atoms with E-state index < -0.39 is 23.7 Å². The van der Waals surface area contributed by atoms with Crippen molar-refractivity contribution >= 4 is 11.9 Å². The molecule has 2 heterocycles. The van der Waals surface area contributed by atoms with E-state index in [-0.39, 0.29) is 0 Å². The fourth-order valence-electron chi connectivity index (χ4n) is 2.94. The molecule has 1 aromatic carbocycles. The van der Waals surface area contributed by atoms with Gasteiger partial charge < -0.3 is 15.0 Å². The van der Waals surface area contributed by atoms with Gasteiger partial charge in [0.1, 0.15) is 17.3 Å². The van der Waals surface area contributed by atoms with Crippen molar-refractivity contribution in [2.75, 3.05) is 0 Å². The molecule has 7 heteroatoms. The summed E-state index contributed by atoms with van der Waals surface area (Å²) in [5, 5.41) is 12.0. The Balaban J connectivity index is 1.86. The highest BCUT2D eigenvalue weighted by atomic mass is 19.1. The highest BCUT2D eigenvalue weighted by Gasteiger charge is 2.26. The Bertz CT molecular complexity index is 800. The molecule has 0 saturated heterocycles. The molecule has 1 unspecified atom stereocenters. The summed E-state index contributed by atoms with van der Waals surface area (Å²) in [6.07, 6.45) is 4.28. The van der Waals surface area contributed by atoms with Crippen LogP contribution in [0.15, 0.2) is 24.4 Å². The Hall–Kier alpha value is -2.70. The zero-order chi connectivity index (χ0) is 17.3. The molecule has 1 aromatic heterocycles. The fraction of sp³-hybridized carbons (Fsp3) is 0.353. The van der Waals surface area contributed by atoms with Gasteiger partial charge >= 0.3 is 5.97 Å². The number of hydrogen-bond donors (Lipinski definition) is 2. The first-order valence-corrected chi connectivity index (χ1v) is 7.81. The highest BCUT2D eigenvalue weighted by molar-refractivity contribution is 5.95. The van der Waals surface area contributed by atoms with Crippen LogP contribution in [0.4, 0.5) is 4.39 Å². The third kappa shape index (κ3) is 3.02. The van der Waals surface area contributed by atoms with Gasteiger partial charge in [-0.15, -0.1) is 0 Å². The van der Waals surface area contributed by atoms with Crippen molar-refractivity contribution in [2.24, 2.45) is 0 Å². The number of aliphatic carboxylic acids is 1. The van der Waals surface area contributed by atoms with Crippen LogP contribution in [0.25, 0.3) is 0 Å². The summed E-state index contributed by atoms with van der Waals surface area (Å²) < 4.78 is 15.2. The Labute approximate surface area is 138 Å². The molecule has 1 atom stereocenters. The summed E-state index contributed by atoms with van der Waals surface area (Å²) >= 11 is 0. The average Bonchev–Trinajstić information content (AvgIpc) is 2.99. The zero-order valence-corrected chi connectivity index (χ0v) is 13.3. The van der Waals surface area contributed by atoms with Crippen LogP contribution in [0.3, 0.4) is 0 Å². The second kappa shape index (κ2) is 6.43. The van der Waals surface area contributed by atoms with E-state index in [0.29, 0.717) is 23.4 Å². The molecule has 0 radical (unpaired) electrons. The Morgan fingerprint density at radius 3 is 2.88 bits per heavy atom. The number of aromatic nitrogens is 2. The molecule has 1 aliphatic rings. The van der Waals surface area contributed by atoms with Crippen LogP contribution in [0.5, 0.6) is 0 Å². The second-order valence-electron chi connectivity index (χ2n) is 5.92. The largest absolute Gasteiger partial charge is 0.479 e. The van der Waals surface area contributed by atoms with E-state index >= 15 is 0 Å². The van der Waals surface area contributed by atoms with Crippen molar-refractivity contribution in [3.8, 4) is 0 Å². The van der Waals surface area contributed by atoms with Crippen LogP contribution < -0.4 is 5.32 Å². The normalized spacial score (nSPS) is 14.8. The first kappa shape index (κ1) is 16.2. The van der Waals surface area contributed by atoms with E-state index in [4.69, 9.17) is 0 Å². The minimum Gasteiger partial charge on any atom is -0.479 e. The first-order chi connectivity index (χ1) is 11.5. The number of hydrogen-bond acceptors (Lipinski definition) is 3. The van der Waals surface area contributed by atoms with Crippen molar-refractivity contribution in [3.05, 3.63) is 52.9 Å². The summed E-state index contributed by atoms with van der Waals surface area (Å²) in [5.41, 5.74) is 1.01. The SMILES string of the molecule is Cc1cc(C(NC(=O)c2cnc3n2CCCC3)C(=O)O)ccc1F. The molecule has 3 rings (SSSR count). The summed E-state index contributed by atoms with van der Waals surface area (Å²) in [6, 6.07) is 2.76. The van der Waals surface area contributed by atoms with Gasteiger partial charge in [-0.2, -0.15) is 0 Å². The molecule has 1 aliphatic heterocycles. The number of nitrogens with one attached hydrogen (secondary N) is 1. The van der Waals surface area contributed by atoms with E-state index in [0.717, 1.165) is 25.1 Å². The number of fused-ring (bicyclic) bond motifs is 1. The Kier molecular flexibility index (Phi) is 4.33. The van der Waals surface area contributed by atoms with Crippen molar-refractivity contribution in [2.45, 2.75) is 38.8 Å². The minimum atomic E-state index is -1.24. The molecule has 0 spiro atoms. The number of carbonyl (C=O) groups excluding carboxylic acids is 1. The molecule has 0 bridgehead atoms. The lowest BCUT2D eigenvalue weighted by Gasteiger charge is -2.18. The van der Waals surface area contributed by atoms with Crippen LogP contribution in [-0.2, 0) is 17.8 Å². The number of aryl methyl sites for hydroxylation is 2. The Morgan fingerprint density at radius 1 is 1.38 bits per heavy atom. The van der Waals surface area contributed by atoms with Gasteiger partial charge in [0.2, 0.25) is 0 Å². The lowest BCUT2D eigenvalue weighted by Crippen LogP contribution is -2.35. The molecule has 1 amide bonds. The van der Waals surface area contributed by atoms with Gasteiger partial charge in [-0.25, -0.2) is 14.2 Å². The maximum Gasteiger partial charge on any atom is 0.330 e. The number of benzene rings is 1. The number of carboxylic acids is 1. The number of halogens is 1. The standard InChI is InChI=1S/C17H18FN3O3/c1-10-8-11(5-6-12(10)18)15(17(23)24)20-16(22)13-9-19-14-4-2-3-7-21(13)14/h5-6,8-9,15H,2-4,7H2,1H3,(H,20,22)(H,23,24). The first-order valence-electron chi connectivity index (χ1n) is 7.81. The molecule has 24 heavy (non-hydrogen) atoms. The van der Waals surface area contributed by atoms with E-state index in [9.17, 15) is 19.1 Å². The van der Waals surface area contributed by atoms with Gasteiger partial charge in [0.15, 0.2) is 6.04 Å². The summed E-state index contributed by atoms with van der Waals surface area (Å²) in [7, 11) is 0. The number of amides is 1. The van der Waals surface area contributed by atoms with Crippen molar-refractivity contribution in [3.63, 3.8) is 0 Å². The van der Waals surface area contributed by atoms with Crippen molar-refractivity contribution in [1.82, 2.24) is 14.9 Å². The van der Waals surface area contributed by atoms with Crippen molar-refractivity contribution < 1.29 is 19.1 Å². The summed E-state index contributed by atoms with van der Waals surface area (Å²) in [6.45, 7) is 2.25. The predicted octanol–water partition coefficient (Wildman–Crippen LogP) is 2.22. The topological polar surface area (TPSA) is 84.2 Å². The third-order valence-corrected chi connectivity index (χ3v) is 4.24. The molecule has 0 saturated carbocycles. The van der Waals surface area contributed by atoms with Gasteiger partial charge in [-0.05, 0) is 37.0 Å². The number of carboxylic acid groups (broad SMARTS) is 1. The van der Waals surface area contributed by atoms with E-state index in [1.54, 1.807) is 6.92 Å². The molecule has 2 N–H and O–H groups in total. The highest BCUT2D eigenvalue weighted by Crippen LogP contribution is 2.20. The summed E-state index contributed by atoms with van der Waals surface area (Å²) in [4.78, 5) is 28.3. The van der Waals surface area contributed by atoms with Crippen LogP contribution in [0, 0.1) is 12.7 Å². The molecule has 6 nitrogen and oxygen atoms in total. The van der Waals surface area contributed by atoms with E-state index in [2.05, 4.69) is 10.3 Å². The molecule has 126 valence electrons. The molecule has 0 aliphatic carbocycles. The van der Waals surface area contributed by atoms with Gasteiger partial charge in [0.05, 0.1) is 6.20 Å². The number of rotatable bonds is 4. The van der Waals surface area contributed by atoms with Crippen LogP contribution in [0.1, 0.15) is 46.3 Å². The molecule has 0 fully saturated rings. The summed E-state index contributed by atoms with van der Waals surface area (Å²) in [5.74, 6) is -1.27. The fourth-order valence-corrected chi connectivity index (χ4v) is 2.94. The van der Waals surface area contributed by atoms with Gasteiger partial charge in [-0.3, -0.25) is 4.79 Å². The van der Waals surface area contributed by atoms with E-state index in [1.165, 1.54) is 24.4 Å². The lowest BCUT2D eigenvalue weighted by molar-refractivity contribution is -0.139. The second-order valence-corrected chi connectivity index (χ2v) is 5.92. The van der Waals surface area contributed by atoms with Gasteiger partial charge in [-0.1, -0.05) is 12.1 Å². The third-order valence-electron chi connectivity index (χ3n) is 4.24. The van der Waals surface area contributed by atoms with Crippen LogP contribution in [-0.4, -0.2) is 26.5 Å². The number of imidazole rings is 1. The number of nitrogens with zero attached hydrogens (tertiary/aromatic N) is 2. The Morgan fingerprint density at radius 2 is 2.17 bits per heavy atom. The monoisotopic (exact) mass is 331 g/mol. The molecular formula is C17H18FN3O3. The molecular weight excluding hydrogens is 313 g/mol. The minimum absolute atomic E-state index is 0.327. The zero-order valence-electron chi connectivity index (χ0n) is 13.3. The smallest absolute Gasteiger partial charge is 0.330 e.